The molecule has 0 atom stereocenters. The Morgan fingerprint density at radius 1 is 0.548 bits per heavy atom. The quantitative estimate of drug-likeness (QED) is 0.218. The number of hydrogen-bond acceptors (Lipinski definition) is 5. The lowest BCUT2D eigenvalue weighted by Crippen LogP contribution is -2.06. The predicted molar refractivity (Wildman–Crippen MR) is 173 cm³/mol. The fourth-order valence-electron chi connectivity index (χ4n) is 6.05. The number of para-hydroxylation sites is 1. The third kappa shape index (κ3) is 3.42. The van der Waals surface area contributed by atoms with E-state index in [2.05, 4.69) is 64.1 Å². The maximum atomic E-state index is 5.12. The van der Waals surface area contributed by atoms with E-state index in [0.717, 1.165) is 22.2 Å². The molecule has 9 aromatic rings. The van der Waals surface area contributed by atoms with Gasteiger partial charge in [0.2, 0.25) is 5.95 Å². The Hall–Kier alpha value is -5.46. The molecule has 0 aliphatic heterocycles. The number of hydrogen-bond donors (Lipinski definition) is 0. The Balaban J connectivity index is 1.44. The molecule has 4 heterocycles. The zero-order valence-corrected chi connectivity index (χ0v) is 23.1. The molecule has 0 N–H and O–H groups in total. The van der Waals surface area contributed by atoms with Gasteiger partial charge in [-0.15, -0.1) is 11.3 Å². The smallest absolute Gasteiger partial charge is 0.238 e. The topological polar surface area (TPSA) is 56.5 Å². The minimum absolute atomic E-state index is 0.602. The molecule has 4 aromatic heterocycles. The van der Waals surface area contributed by atoms with Crippen molar-refractivity contribution in [2.75, 3.05) is 0 Å². The van der Waals surface area contributed by atoms with Gasteiger partial charge in [0.25, 0.3) is 0 Å². The van der Waals surface area contributed by atoms with Crippen molar-refractivity contribution in [3.05, 3.63) is 128 Å². The molecule has 5 nitrogen and oxygen atoms in total. The van der Waals surface area contributed by atoms with E-state index in [9.17, 15) is 0 Å². The number of thiophene rings is 1. The van der Waals surface area contributed by atoms with E-state index in [1.807, 2.05) is 84.4 Å². The number of fused-ring (bicyclic) bond motifs is 9. The fraction of sp³-hybridized carbons (Fsp3) is 0. The van der Waals surface area contributed by atoms with Gasteiger partial charge in [0.1, 0.15) is 0 Å². The molecule has 42 heavy (non-hydrogen) atoms. The second-order valence-electron chi connectivity index (χ2n) is 10.3. The highest BCUT2D eigenvalue weighted by molar-refractivity contribution is 7.26. The number of rotatable bonds is 3. The molecule has 0 aliphatic rings. The summed E-state index contributed by atoms with van der Waals surface area (Å²) in [4.78, 5) is 19.6. The van der Waals surface area contributed by atoms with Crippen molar-refractivity contribution in [3.63, 3.8) is 0 Å². The SMILES string of the molecule is c1ccc(-c2nc(-c3ccccc3)nc(-n3c4ccccc4c4ccc5c(sc6ccc7ccncc7c65)c43)n2)cc1. The minimum Gasteiger partial charge on any atom is -0.276 e. The molecule has 0 radical (unpaired) electrons. The zero-order valence-electron chi connectivity index (χ0n) is 22.3. The van der Waals surface area contributed by atoms with Crippen LogP contribution in [0.3, 0.4) is 0 Å². The lowest BCUT2D eigenvalue weighted by Gasteiger charge is -2.11. The Labute approximate surface area is 244 Å². The molecule has 0 saturated heterocycles. The van der Waals surface area contributed by atoms with Gasteiger partial charge in [-0.3, -0.25) is 9.55 Å². The van der Waals surface area contributed by atoms with Gasteiger partial charge in [0.15, 0.2) is 11.6 Å². The van der Waals surface area contributed by atoms with Gasteiger partial charge in [-0.25, -0.2) is 4.98 Å². The van der Waals surface area contributed by atoms with Crippen LogP contribution in [-0.4, -0.2) is 24.5 Å². The maximum Gasteiger partial charge on any atom is 0.238 e. The number of benzene rings is 5. The average Bonchev–Trinajstić information content (AvgIpc) is 3.62. The lowest BCUT2D eigenvalue weighted by molar-refractivity contribution is 0.955. The predicted octanol–water partition coefficient (Wildman–Crippen LogP) is 9.22. The van der Waals surface area contributed by atoms with E-state index in [0.29, 0.717) is 17.6 Å². The minimum atomic E-state index is 0.602. The molecule has 0 aliphatic carbocycles. The van der Waals surface area contributed by atoms with Crippen molar-refractivity contribution in [1.29, 1.82) is 0 Å². The summed E-state index contributed by atoms with van der Waals surface area (Å²) in [5, 5.41) is 7.16. The molecular weight excluding hydrogens is 534 g/mol. The molecule has 0 bridgehead atoms. The van der Waals surface area contributed by atoms with Crippen LogP contribution in [0, 0.1) is 0 Å². The Bertz CT molecular complexity index is 2400. The third-order valence-corrected chi connectivity index (χ3v) is 9.12. The normalized spacial score (nSPS) is 11.8. The number of aromatic nitrogens is 5. The molecular formula is C36H21N5S. The summed E-state index contributed by atoms with van der Waals surface area (Å²) in [6.45, 7) is 0. The monoisotopic (exact) mass is 555 g/mol. The fourth-order valence-corrected chi connectivity index (χ4v) is 7.30. The van der Waals surface area contributed by atoms with Crippen LogP contribution >= 0.6 is 11.3 Å². The lowest BCUT2D eigenvalue weighted by atomic mass is 10.0. The summed E-state index contributed by atoms with van der Waals surface area (Å²) in [7, 11) is 0. The van der Waals surface area contributed by atoms with Crippen LogP contribution in [0.1, 0.15) is 0 Å². The van der Waals surface area contributed by atoms with Crippen LogP contribution in [0.5, 0.6) is 0 Å². The molecule has 0 fully saturated rings. The maximum absolute atomic E-state index is 5.12. The van der Waals surface area contributed by atoms with E-state index in [-0.39, 0.29) is 0 Å². The first-order valence-corrected chi connectivity index (χ1v) is 14.6. The molecule has 0 unspecified atom stereocenters. The average molecular weight is 556 g/mol. The highest BCUT2D eigenvalue weighted by Crippen LogP contribution is 2.44. The first-order chi connectivity index (χ1) is 20.8. The Morgan fingerprint density at radius 2 is 1.24 bits per heavy atom. The number of nitrogens with zero attached hydrogens (tertiary/aromatic N) is 5. The molecule has 0 amide bonds. The first-order valence-electron chi connectivity index (χ1n) is 13.8. The Kier molecular flexibility index (Phi) is 5.00. The van der Waals surface area contributed by atoms with Crippen LogP contribution in [-0.2, 0) is 0 Å². The second kappa shape index (κ2) is 9.03. The van der Waals surface area contributed by atoms with E-state index < -0.39 is 0 Å². The van der Waals surface area contributed by atoms with Crippen molar-refractivity contribution in [1.82, 2.24) is 24.5 Å². The summed E-state index contributed by atoms with van der Waals surface area (Å²) < 4.78 is 4.67. The van der Waals surface area contributed by atoms with Gasteiger partial charge in [-0.2, -0.15) is 9.97 Å². The molecule has 0 spiro atoms. The van der Waals surface area contributed by atoms with Gasteiger partial charge >= 0.3 is 0 Å². The van der Waals surface area contributed by atoms with Crippen LogP contribution in [0.25, 0.3) is 81.5 Å². The van der Waals surface area contributed by atoms with Crippen molar-refractivity contribution >= 4 is 64.1 Å². The van der Waals surface area contributed by atoms with E-state index >= 15 is 0 Å². The van der Waals surface area contributed by atoms with Crippen LogP contribution < -0.4 is 0 Å². The van der Waals surface area contributed by atoms with Crippen molar-refractivity contribution in [2.24, 2.45) is 0 Å². The van der Waals surface area contributed by atoms with E-state index in [1.54, 1.807) is 0 Å². The molecule has 6 heteroatoms. The Morgan fingerprint density at radius 3 is 2.00 bits per heavy atom. The summed E-state index contributed by atoms with van der Waals surface area (Å²) in [6, 6.07) is 39.8. The van der Waals surface area contributed by atoms with Crippen molar-refractivity contribution in [2.45, 2.75) is 0 Å². The summed E-state index contributed by atoms with van der Waals surface area (Å²) >= 11 is 1.81. The summed E-state index contributed by atoms with van der Waals surface area (Å²) in [6.07, 6.45) is 3.84. The van der Waals surface area contributed by atoms with Crippen LogP contribution in [0.15, 0.2) is 128 Å². The molecule has 5 aromatic carbocycles. The third-order valence-electron chi connectivity index (χ3n) is 7.94. The van der Waals surface area contributed by atoms with Gasteiger partial charge in [-0.05, 0) is 23.6 Å². The summed E-state index contributed by atoms with van der Waals surface area (Å²) in [5.74, 6) is 1.89. The highest BCUT2D eigenvalue weighted by Gasteiger charge is 2.21. The van der Waals surface area contributed by atoms with Crippen LogP contribution in [0.2, 0.25) is 0 Å². The van der Waals surface area contributed by atoms with Gasteiger partial charge in [-0.1, -0.05) is 97.1 Å². The molecule has 196 valence electrons. The summed E-state index contributed by atoms with van der Waals surface area (Å²) in [5.41, 5.74) is 4.07. The van der Waals surface area contributed by atoms with Gasteiger partial charge in [0.05, 0.1) is 15.7 Å². The number of pyridine rings is 1. The van der Waals surface area contributed by atoms with Gasteiger partial charge in [0, 0.05) is 55.2 Å². The van der Waals surface area contributed by atoms with E-state index in [1.165, 1.54) is 41.7 Å². The molecule has 0 saturated carbocycles. The first kappa shape index (κ1) is 23.3. The zero-order chi connectivity index (χ0) is 27.6. The van der Waals surface area contributed by atoms with Crippen LogP contribution in [0.4, 0.5) is 0 Å². The van der Waals surface area contributed by atoms with Gasteiger partial charge < -0.3 is 0 Å². The highest BCUT2D eigenvalue weighted by atomic mass is 32.1. The standard InChI is InChI=1S/C36H21N5S/c1-3-9-23(10-4-1)34-38-35(24-11-5-2-6-12-24)40-36(39-34)41-29-14-8-7-13-25(29)26-16-17-27-31-28-21-37-20-19-22(28)15-18-30(31)42-33(27)32(26)41/h1-21H. The van der Waals surface area contributed by atoms with E-state index in [4.69, 9.17) is 15.0 Å². The van der Waals surface area contributed by atoms with Crippen molar-refractivity contribution < 1.29 is 0 Å². The molecule has 9 rings (SSSR count). The van der Waals surface area contributed by atoms with Crippen molar-refractivity contribution in [3.8, 4) is 28.7 Å². The largest absolute Gasteiger partial charge is 0.276 e. The second-order valence-corrected chi connectivity index (χ2v) is 11.4.